The maximum Gasteiger partial charge on any atom is 0.349 e. The van der Waals surface area contributed by atoms with Crippen molar-refractivity contribution in [1.29, 1.82) is 0 Å². The number of rotatable bonds is 14. The standard InChI is InChI=1S/C32H42N2O5/c1-6-8-9-10-13-22-34(23-24-16-19-26(20-17-24)39-32(3,4)30(35)38-7-2)31(36)33-28-21-18-25-14-11-12-15-27(25)29(28)37-5/h11-12,14-21H,6-10,13,22-23H2,1-5H3,(H,33,36). The van der Waals surface area contributed by atoms with Gasteiger partial charge in [0.15, 0.2) is 5.60 Å². The second-order valence-electron chi connectivity index (χ2n) is 10.1. The Balaban J connectivity index is 1.74. The molecule has 0 unspecified atom stereocenters. The highest BCUT2D eigenvalue weighted by Crippen LogP contribution is 2.34. The Kier molecular flexibility index (Phi) is 11.0. The molecule has 2 amide bonds. The number of hydrogen-bond donors (Lipinski definition) is 1. The molecule has 0 aliphatic rings. The Labute approximate surface area is 232 Å². The molecular formula is C32H42N2O5. The van der Waals surface area contributed by atoms with Crippen molar-refractivity contribution >= 4 is 28.5 Å². The van der Waals surface area contributed by atoms with Crippen molar-refractivity contribution in [2.45, 2.75) is 71.9 Å². The van der Waals surface area contributed by atoms with Crippen LogP contribution in [0.25, 0.3) is 10.8 Å². The van der Waals surface area contributed by atoms with Crippen LogP contribution < -0.4 is 14.8 Å². The summed E-state index contributed by atoms with van der Waals surface area (Å²) in [6.45, 7) is 8.71. The quantitative estimate of drug-likeness (QED) is 0.170. The van der Waals surface area contributed by atoms with Crippen molar-refractivity contribution in [2.75, 3.05) is 25.6 Å². The minimum Gasteiger partial charge on any atom is -0.494 e. The molecule has 0 fully saturated rings. The van der Waals surface area contributed by atoms with Crippen molar-refractivity contribution in [1.82, 2.24) is 4.90 Å². The number of esters is 1. The summed E-state index contributed by atoms with van der Waals surface area (Å²) in [7, 11) is 1.62. The topological polar surface area (TPSA) is 77.1 Å². The Morgan fingerprint density at radius 2 is 1.62 bits per heavy atom. The van der Waals surface area contributed by atoms with E-state index >= 15 is 0 Å². The summed E-state index contributed by atoms with van der Waals surface area (Å²) in [5.41, 5.74) is 0.508. The lowest BCUT2D eigenvalue weighted by atomic mass is 10.1. The fourth-order valence-corrected chi connectivity index (χ4v) is 4.44. The van der Waals surface area contributed by atoms with Gasteiger partial charge in [0.25, 0.3) is 0 Å². The molecule has 0 saturated carbocycles. The summed E-state index contributed by atoms with van der Waals surface area (Å²) in [5.74, 6) is 0.799. The molecule has 1 N–H and O–H groups in total. The predicted molar refractivity (Wildman–Crippen MR) is 156 cm³/mol. The first-order valence-electron chi connectivity index (χ1n) is 13.9. The molecule has 0 aliphatic heterocycles. The van der Waals surface area contributed by atoms with Crippen molar-refractivity contribution in [3.63, 3.8) is 0 Å². The van der Waals surface area contributed by atoms with E-state index in [1.807, 2.05) is 65.6 Å². The molecule has 0 heterocycles. The largest absolute Gasteiger partial charge is 0.494 e. The molecule has 7 heteroatoms. The zero-order valence-corrected chi connectivity index (χ0v) is 23.9. The summed E-state index contributed by atoms with van der Waals surface area (Å²) in [4.78, 5) is 27.5. The van der Waals surface area contributed by atoms with E-state index in [9.17, 15) is 9.59 Å². The van der Waals surface area contributed by atoms with Gasteiger partial charge in [-0.25, -0.2) is 9.59 Å². The van der Waals surface area contributed by atoms with Crippen LogP contribution in [0.2, 0.25) is 0 Å². The van der Waals surface area contributed by atoms with E-state index in [-0.39, 0.29) is 6.03 Å². The molecule has 0 spiro atoms. The van der Waals surface area contributed by atoms with Gasteiger partial charge in [-0.2, -0.15) is 0 Å². The molecule has 3 aromatic carbocycles. The third kappa shape index (κ3) is 8.37. The molecule has 0 radical (unpaired) electrons. The van der Waals surface area contributed by atoms with Gasteiger partial charge < -0.3 is 24.4 Å². The highest BCUT2D eigenvalue weighted by atomic mass is 16.6. The molecule has 0 aromatic heterocycles. The zero-order chi connectivity index (χ0) is 28.3. The van der Waals surface area contributed by atoms with Gasteiger partial charge in [0.1, 0.15) is 11.5 Å². The zero-order valence-electron chi connectivity index (χ0n) is 23.9. The molecular weight excluding hydrogens is 492 g/mol. The lowest BCUT2D eigenvalue weighted by Crippen LogP contribution is -2.39. The first kappa shape index (κ1) is 29.8. The monoisotopic (exact) mass is 534 g/mol. The van der Waals surface area contributed by atoms with Crippen LogP contribution in [0.5, 0.6) is 11.5 Å². The number of nitrogens with zero attached hydrogens (tertiary/aromatic N) is 1. The number of methoxy groups -OCH3 is 1. The van der Waals surface area contributed by atoms with E-state index in [1.54, 1.807) is 27.9 Å². The second-order valence-corrected chi connectivity index (χ2v) is 10.1. The van der Waals surface area contributed by atoms with Crippen LogP contribution in [0.1, 0.15) is 65.4 Å². The van der Waals surface area contributed by atoms with Crippen LogP contribution in [-0.2, 0) is 16.1 Å². The number of fused-ring (bicyclic) bond motifs is 1. The number of anilines is 1. The van der Waals surface area contributed by atoms with Gasteiger partial charge in [0.2, 0.25) is 0 Å². The molecule has 7 nitrogen and oxygen atoms in total. The van der Waals surface area contributed by atoms with Crippen molar-refractivity contribution in [2.24, 2.45) is 0 Å². The van der Waals surface area contributed by atoms with Gasteiger partial charge >= 0.3 is 12.0 Å². The maximum absolute atomic E-state index is 13.5. The summed E-state index contributed by atoms with van der Waals surface area (Å²) in [6, 6.07) is 19.1. The van der Waals surface area contributed by atoms with Crippen LogP contribution in [0.3, 0.4) is 0 Å². The Hall–Kier alpha value is -3.74. The summed E-state index contributed by atoms with van der Waals surface area (Å²) >= 11 is 0. The number of nitrogens with one attached hydrogen (secondary N) is 1. The van der Waals surface area contributed by atoms with E-state index < -0.39 is 11.6 Å². The number of carbonyl (C=O) groups excluding carboxylic acids is 2. The van der Waals surface area contributed by atoms with Crippen LogP contribution >= 0.6 is 0 Å². The van der Waals surface area contributed by atoms with Crippen molar-refractivity contribution in [3.05, 3.63) is 66.2 Å². The average molecular weight is 535 g/mol. The van der Waals surface area contributed by atoms with Crippen LogP contribution in [0.15, 0.2) is 60.7 Å². The number of hydrogen-bond acceptors (Lipinski definition) is 5. The molecule has 0 atom stereocenters. The minimum atomic E-state index is -1.10. The first-order valence-corrected chi connectivity index (χ1v) is 13.9. The number of urea groups is 1. The van der Waals surface area contributed by atoms with Crippen LogP contribution in [0, 0.1) is 0 Å². The average Bonchev–Trinajstić information content (AvgIpc) is 2.93. The Morgan fingerprint density at radius 1 is 0.897 bits per heavy atom. The smallest absolute Gasteiger partial charge is 0.349 e. The van der Waals surface area contributed by atoms with Crippen LogP contribution in [-0.4, -0.2) is 42.8 Å². The lowest BCUT2D eigenvalue weighted by molar-refractivity contribution is -0.158. The fourth-order valence-electron chi connectivity index (χ4n) is 4.44. The van der Waals surface area contributed by atoms with E-state index in [0.717, 1.165) is 35.6 Å². The predicted octanol–water partition coefficient (Wildman–Crippen LogP) is 7.57. The highest BCUT2D eigenvalue weighted by molar-refractivity contribution is 5.99. The van der Waals surface area contributed by atoms with Crippen molar-refractivity contribution < 1.29 is 23.8 Å². The summed E-state index contributed by atoms with van der Waals surface area (Å²) < 4.78 is 16.7. The fraction of sp³-hybridized carbons (Fsp3) is 0.438. The van der Waals surface area contributed by atoms with Gasteiger partial charge in [0, 0.05) is 18.5 Å². The van der Waals surface area contributed by atoms with E-state index in [0.29, 0.717) is 36.9 Å². The molecule has 0 aliphatic carbocycles. The molecule has 210 valence electrons. The summed E-state index contributed by atoms with van der Waals surface area (Å²) in [5, 5.41) is 5.08. The molecule has 0 bridgehead atoms. The third-order valence-corrected chi connectivity index (χ3v) is 6.58. The van der Waals surface area contributed by atoms with Gasteiger partial charge in [-0.15, -0.1) is 0 Å². The Bertz CT molecular complexity index is 1220. The molecule has 0 saturated heterocycles. The molecule has 3 aromatic rings. The lowest BCUT2D eigenvalue weighted by Gasteiger charge is -2.25. The van der Waals surface area contributed by atoms with Crippen LogP contribution in [0.4, 0.5) is 10.5 Å². The third-order valence-electron chi connectivity index (χ3n) is 6.58. The normalized spacial score (nSPS) is 11.2. The highest BCUT2D eigenvalue weighted by Gasteiger charge is 2.31. The Morgan fingerprint density at radius 3 is 2.31 bits per heavy atom. The number of carbonyl (C=O) groups is 2. The summed E-state index contributed by atoms with van der Waals surface area (Å²) in [6.07, 6.45) is 5.54. The maximum atomic E-state index is 13.5. The van der Waals surface area contributed by atoms with E-state index in [4.69, 9.17) is 14.2 Å². The number of unbranched alkanes of at least 4 members (excludes halogenated alkanes) is 4. The molecule has 3 rings (SSSR count). The van der Waals surface area contributed by atoms with Crippen molar-refractivity contribution in [3.8, 4) is 11.5 Å². The van der Waals surface area contributed by atoms with Gasteiger partial charge in [-0.05, 0) is 56.3 Å². The molecule has 39 heavy (non-hydrogen) atoms. The first-order chi connectivity index (χ1) is 18.8. The number of ether oxygens (including phenoxy) is 3. The SMILES string of the molecule is CCCCCCCN(Cc1ccc(OC(C)(C)C(=O)OCC)cc1)C(=O)Nc1ccc2ccccc2c1OC. The number of amides is 2. The van der Waals surface area contributed by atoms with E-state index in [1.165, 1.54) is 12.8 Å². The minimum absolute atomic E-state index is 0.178. The number of benzene rings is 3. The van der Waals surface area contributed by atoms with E-state index in [2.05, 4.69) is 12.2 Å². The van der Waals surface area contributed by atoms with Gasteiger partial charge in [-0.3, -0.25) is 0 Å². The van der Waals surface area contributed by atoms with Gasteiger partial charge in [0.05, 0.1) is 19.4 Å². The van der Waals surface area contributed by atoms with Gasteiger partial charge in [-0.1, -0.05) is 75.1 Å². The second kappa shape index (κ2) is 14.4.